The minimum Gasteiger partial charge on any atom is -0.494 e. The SMILES string of the molecule is O/N=C(\c1ccc(OCCCN2CCCCC2)cc1)c1ccc(F)cc1F. The highest BCUT2D eigenvalue weighted by atomic mass is 19.1. The summed E-state index contributed by atoms with van der Waals surface area (Å²) in [5.41, 5.74) is 0.599. The molecule has 4 nitrogen and oxygen atoms in total. The van der Waals surface area contributed by atoms with Gasteiger partial charge in [0.15, 0.2) is 0 Å². The summed E-state index contributed by atoms with van der Waals surface area (Å²) in [7, 11) is 0. The molecule has 0 spiro atoms. The first kappa shape index (κ1) is 19.3. The lowest BCUT2D eigenvalue weighted by Gasteiger charge is -2.26. The Hall–Kier alpha value is -2.47. The van der Waals surface area contributed by atoms with Gasteiger partial charge in [-0.05, 0) is 68.8 Å². The fraction of sp³-hybridized carbons (Fsp3) is 0.381. The zero-order chi connectivity index (χ0) is 19.1. The normalized spacial score (nSPS) is 15.7. The van der Waals surface area contributed by atoms with E-state index in [1.165, 1.54) is 38.4 Å². The molecule has 1 saturated heterocycles. The predicted molar refractivity (Wildman–Crippen MR) is 101 cm³/mol. The fourth-order valence-corrected chi connectivity index (χ4v) is 3.32. The summed E-state index contributed by atoms with van der Waals surface area (Å²) in [4.78, 5) is 2.47. The van der Waals surface area contributed by atoms with Crippen LogP contribution in [-0.4, -0.2) is 42.1 Å². The summed E-state index contributed by atoms with van der Waals surface area (Å²) >= 11 is 0. The van der Waals surface area contributed by atoms with Crippen LogP contribution in [0.25, 0.3) is 0 Å². The van der Waals surface area contributed by atoms with E-state index in [-0.39, 0.29) is 11.3 Å². The number of ether oxygens (including phenoxy) is 1. The second kappa shape index (κ2) is 9.46. The first-order chi connectivity index (χ1) is 13.2. The van der Waals surface area contributed by atoms with Crippen molar-refractivity contribution in [1.29, 1.82) is 0 Å². The predicted octanol–water partition coefficient (Wildman–Crippen LogP) is 4.45. The van der Waals surface area contributed by atoms with Crippen LogP contribution in [0.1, 0.15) is 36.8 Å². The third kappa shape index (κ3) is 5.26. The van der Waals surface area contributed by atoms with Crippen LogP contribution in [0, 0.1) is 11.6 Å². The number of oxime groups is 1. The molecule has 0 aromatic heterocycles. The standard InChI is InChI=1S/C21H24F2N2O2/c22-17-7-10-19(20(23)15-17)21(24-26)16-5-8-18(9-6-16)27-14-4-13-25-11-2-1-3-12-25/h5-10,15,26H,1-4,11-14H2/b24-21+. The van der Waals surface area contributed by atoms with Gasteiger partial charge in [0.1, 0.15) is 23.1 Å². The van der Waals surface area contributed by atoms with E-state index in [9.17, 15) is 14.0 Å². The van der Waals surface area contributed by atoms with Crippen LogP contribution in [0.4, 0.5) is 8.78 Å². The van der Waals surface area contributed by atoms with Crippen LogP contribution in [-0.2, 0) is 0 Å². The molecule has 6 heteroatoms. The molecule has 27 heavy (non-hydrogen) atoms. The number of rotatable bonds is 7. The van der Waals surface area contributed by atoms with Crippen molar-refractivity contribution in [2.45, 2.75) is 25.7 Å². The quantitative estimate of drug-likeness (QED) is 0.337. The number of piperidine rings is 1. The molecule has 3 rings (SSSR count). The second-order valence-electron chi connectivity index (χ2n) is 6.70. The molecular weight excluding hydrogens is 350 g/mol. The zero-order valence-electron chi connectivity index (χ0n) is 15.2. The van der Waals surface area contributed by atoms with Gasteiger partial charge in [0.2, 0.25) is 0 Å². The third-order valence-corrected chi connectivity index (χ3v) is 4.75. The molecule has 1 N–H and O–H groups in total. The van der Waals surface area contributed by atoms with E-state index in [4.69, 9.17) is 4.74 Å². The Labute approximate surface area is 158 Å². The Morgan fingerprint density at radius 2 is 1.78 bits per heavy atom. The molecule has 0 aliphatic carbocycles. The highest BCUT2D eigenvalue weighted by molar-refractivity contribution is 6.12. The molecule has 1 fully saturated rings. The summed E-state index contributed by atoms with van der Waals surface area (Å²) in [6.07, 6.45) is 4.86. The summed E-state index contributed by atoms with van der Waals surface area (Å²) < 4.78 is 32.8. The molecule has 1 heterocycles. The van der Waals surface area contributed by atoms with Gasteiger partial charge in [-0.15, -0.1) is 0 Å². The van der Waals surface area contributed by atoms with Gasteiger partial charge in [-0.25, -0.2) is 8.78 Å². The molecule has 0 saturated carbocycles. The summed E-state index contributed by atoms with van der Waals surface area (Å²) in [5, 5.41) is 12.5. The van der Waals surface area contributed by atoms with Crippen molar-refractivity contribution in [1.82, 2.24) is 4.90 Å². The van der Waals surface area contributed by atoms with Crippen molar-refractivity contribution >= 4 is 5.71 Å². The second-order valence-corrected chi connectivity index (χ2v) is 6.70. The maximum Gasteiger partial charge on any atom is 0.135 e. The van der Waals surface area contributed by atoms with Crippen LogP contribution in [0.2, 0.25) is 0 Å². The minimum atomic E-state index is -0.777. The van der Waals surface area contributed by atoms with Crippen molar-refractivity contribution in [3.8, 4) is 5.75 Å². The maximum absolute atomic E-state index is 14.0. The molecule has 0 atom stereocenters. The van der Waals surface area contributed by atoms with E-state index in [1.807, 2.05) is 0 Å². The number of benzene rings is 2. The Kier molecular flexibility index (Phi) is 6.76. The third-order valence-electron chi connectivity index (χ3n) is 4.75. The number of hydrogen-bond acceptors (Lipinski definition) is 4. The van der Waals surface area contributed by atoms with Gasteiger partial charge in [-0.3, -0.25) is 0 Å². The van der Waals surface area contributed by atoms with Gasteiger partial charge in [0.05, 0.1) is 6.61 Å². The number of likely N-dealkylation sites (tertiary alicyclic amines) is 1. The fourth-order valence-electron chi connectivity index (χ4n) is 3.32. The van der Waals surface area contributed by atoms with Crippen LogP contribution < -0.4 is 4.74 Å². The molecule has 0 radical (unpaired) electrons. The molecule has 2 aromatic carbocycles. The van der Waals surface area contributed by atoms with E-state index in [2.05, 4.69) is 10.1 Å². The molecule has 0 unspecified atom stereocenters. The minimum absolute atomic E-state index is 0.0362. The molecule has 0 amide bonds. The lowest BCUT2D eigenvalue weighted by atomic mass is 10.0. The Morgan fingerprint density at radius 1 is 1.04 bits per heavy atom. The highest BCUT2D eigenvalue weighted by Gasteiger charge is 2.14. The average Bonchev–Trinajstić information content (AvgIpc) is 2.69. The van der Waals surface area contributed by atoms with Gasteiger partial charge in [-0.1, -0.05) is 11.6 Å². The number of hydrogen-bond donors (Lipinski definition) is 1. The largest absolute Gasteiger partial charge is 0.494 e. The summed E-state index contributed by atoms with van der Waals surface area (Å²) in [6, 6.07) is 10.0. The van der Waals surface area contributed by atoms with Crippen molar-refractivity contribution in [2.24, 2.45) is 5.16 Å². The topological polar surface area (TPSA) is 45.1 Å². The summed E-state index contributed by atoms with van der Waals surface area (Å²) in [6.45, 7) is 4.03. The Morgan fingerprint density at radius 3 is 2.44 bits per heavy atom. The van der Waals surface area contributed by atoms with Crippen molar-refractivity contribution in [3.05, 3.63) is 65.2 Å². The van der Waals surface area contributed by atoms with Crippen LogP contribution in [0.3, 0.4) is 0 Å². The van der Waals surface area contributed by atoms with Crippen molar-refractivity contribution in [2.75, 3.05) is 26.2 Å². The smallest absolute Gasteiger partial charge is 0.135 e. The van der Waals surface area contributed by atoms with Crippen LogP contribution >= 0.6 is 0 Å². The van der Waals surface area contributed by atoms with Crippen molar-refractivity contribution in [3.63, 3.8) is 0 Å². The lowest BCUT2D eigenvalue weighted by Crippen LogP contribution is -2.31. The Balaban J connectivity index is 1.55. The van der Waals surface area contributed by atoms with Crippen LogP contribution in [0.5, 0.6) is 5.75 Å². The average molecular weight is 374 g/mol. The van der Waals surface area contributed by atoms with E-state index >= 15 is 0 Å². The molecule has 144 valence electrons. The highest BCUT2D eigenvalue weighted by Crippen LogP contribution is 2.19. The summed E-state index contributed by atoms with van der Waals surface area (Å²) in [5.74, 6) is -0.753. The molecule has 0 bridgehead atoms. The van der Waals surface area contributed by atoms with Gasteiger partial charge in [0.25, 0.3) is 0 Å². The number of halogens is 2. The van der Waals surface area contributed by atoms with Gasteiger partial charge < -0.3 is 14.8 Å². The van der Waals surface area contributed by atoms with E-state index in [0.717, 1.165) is 25.1 Å². The van der Waals surface area contributed by atoms with Gasteiger partial charge >= 0.3 is 0 Å². The van der Waals surface area contributed by atoms with Crippen LogP contribution in [0.15, 0.2) is 47.6 Å². The molecular formula is C21H24F2N2O2. The van der Waals surface area contributed by atoms with Gasteiger partial charge in [-0.2, -0.15) is 0 Å². The molecule has 2 aromatic rings. The number of nitrogens with zero attached hydrogens (tertiary/aromatic N) is 2. The first-order valence-electron chi connectivity index (χ1n) is 9.30. The lowest BCUT2D eigenvalue weighted by molar-refractivity contribution is 0.205. The van der Waals surface area contributed by atoms with E-state index in [1.54, 1.807) is 24.3 Å². The Bertz CT molecular complexity index is 772. The molecule has 1 aliphatic rings. The maximum atomic E-state index is 14.0. The molecule has 1 aliphatic heterocycles. The van der Waals surface area contributed by atoms with Gasteiger partial charge in [0, 0.05) is 23.7 Å². The van der Waals surface area contributed by atoms with Crippen molar-refractivity contribution < 1.29 is 18.7 Å². The zero-order valence-corrected chi connectivity index (χ0v) is 15.2. The monoisotopic (exact) mass is 374 g/mol. The first-order valence-corrected chi connectivity index (χ1v) is 9.30. The van der Waals surface area contributed by atoms with E-state index in [0.29, 0.717) is 17.9 Å². The van der Waals surface area contributed by atoms with E-state index < -0.39 is 11.6 Å².